The molecule has 26 heavy (non-hydrogen) atoms. The molecule has 148 valence electrons. The predicted molar refractivity (Wildman–Crippen MR) is 112 cm³/mol. The molecule has 0 bridgehead atoms. The largest absolute Gasteiger partial charge is 0.573 e. The van der Waals surface area contributed by atoms with Gasteiger partial charge in [0, 0.05) is 30.3 Å². The summed E-state index contributed by atoms with van der Waals surface area (Å²) in [5.41, 5.74) is 0.567. The van der Waals surface area contributed by atoms with E-state index in [1.807, 2.05) is 6.26 Å². The van der Waals surface area contributed by atoms with Crippen LogP contribution in [-0.2, 0) is 0 Å². The standard InChI is InChI=1S/C17H24F3N3OS.HI/c1-16(2,25-4)10-22-15(21-3)23-13-9-12(13)11-7-5-6-8-14(11)24-17(18,19)20;/h5-8,12-13H,9-10H2,1-4H3,(H2,21,22,23);1H. The summed E-state index contributed by atoms with van der Waals surface area (Å²) in [5, 5.41) is 6.53. The summed E-state index contributed by atoms with van der Waals surface area (Å²) in [6.07, 6.45) is -1.90. The lowest BCUT2D eigenvalue weighted by molar-refractivity contribution is -0.274. The van der Waals surface area contributed by atoms with E-state index in [2.05, 4.69) is 34.2 Å². The normalized spacial score (nSPS) is 20.2. The van der Waals surface area contributed by atoms with Gasteiger partial charge in [-0.25, -0.2) is 0 Å². The first-order chi connectivity index (χ1) is 11.6. The van der Waals surface area contributed by atoms with Crippen LogP contribution in [0.2, 0.25) is 0 Å². The van der Waals surface area contributed by atoms with Crippen LogP contribution >= 0.6 is 35.7 Å². The third-order valence-corrected chi connectivity index (χ3v) is 5.36. The fourth-order valence-corrected chi connectivity index (χ4v) is 2.66. The van der Waals surface area contributed by atoms with E-state index < -0.39 is 6.36 Å². The Morgan fingerprint density at radius 3 is 2.54 bits per heavy atom. The number of ether oxygens (including phenoxy) is 1. The minimum Gasteiger partial charge on any atom is -0.405 e. The molecule has 0 heterocycles. The van der Waals surface area contributed by atoms with Gasteiger partial charge in [0.05, 0.1) is 0 Å². The topological polar surface area (TPSA) is 45.7 Å². The third-order valence-electron chi connectivity index (χ3n) is 4.11. The molecule has 1 aromatic carbocycles. The number of nitrogens with one attached hydrogen (secondary N) is 2. The van der Waals surface area contributed by atoms with Crippen molar-refractivity contribution in [3.05, 3.63) is 29.8 Å². The van der Waals surface area contributed by atoms with Gasteiger partial charge in [-0.1, -0.05) is 18.2 Å². The molecule has 1 saturated carbocycles. The zero-order valence-corrected chi connectivity index (χ0v) is 18.3. The second-order valence-corrected chi connectivity index (χ2v) is 8.08. The maximum Gasteiger partial charge on any atom is 0.573 e. The summed E-state index contributed by atoms with van der Waals surface area (Å²) in [4.78, 5) is 4.19. The Balaban J connectivity index is 0.00000338. The number of alkyl halides is 3. The average Bonchev–Trinajstić information content (AvgIpc) is 3.29. The number of nitrogens with zero attached hydrogens (tertiary/aromatic N) is 1. The van der Waals surface area contributed by atoms with E-state index in [-0.39, 0.29) is 46.4 Å². The lowest BCUT2D eigenvalue weighted by Crippen LogP contribution is -2.44. The molecule has 2 atom stereocenters. The van der Waals surface area contributed by atoms with Crippen molar-refractivity contribution in [3.8, 4) is 5.75 Å². The van der Waals surface area contributed by atoms with Crippen molar-refractivity contribution in [1.82, 2.24) is 10.6 Å². The van der Waals surface area contributed by atoms with Crippen LogP contribution in [0.1, 0.15) is 31.7 Å². The fraction of sp³-hybridized carbons (Fsp3) is 0.588. The molecular formula is C17H25F3IN3OS. The van der Waals surface area contributed by atoms with Gasteiger partial charge < -0.3 is 15.4 Å². The Morgan fingerprint density at radius 1 is 1.31 bits per heavy atom. The summed E-state index contributed by atoms with van der Waals surface area (Å²) in [6, 6.07) is 6.34. The molecule has 2 unspecified atom stereocenters. The molecule has 0 amide bonds. The second-order valence-electron chi connectivity index (χ2n) is 6.57. The molecule has 2 rings (SSSR count). The van der Waals surface area contributed by atoms with Gasteiger partial charge in [0.2, 0.25) is 0 Å². The minimum absolute atomic E-state index is 0. The van der Waals surface area contributed by atoms with E-state index in [0.29, 0.717) is 11.5 Å². The zero-order valence-electron chi connectivity index (χ0n) is 15.2. The first-order valence-electron chi connectivity index (χ1n) is 8.02. The zero-order chi connectivity index (χ0) is 18.7. The maximum absolute atomic E-state index is 12.5. The molecule has 9 heteroatoms. The molecule has 0 aromatic heterocycles. The lowest BCUT2D eigenvalue weighted by atomic mass is 10.1. The molecule has 1 aliphatic carbocycles. The highest BCUT2D eigenvalue weighted by molar-refractivity contribution is 14.0. The summed E-state index contributed by atoms with van der Waals surface area (Å²) in [6.45, 7) is 4.99. The highest BCUT2D eigenvalue weighted by Gasteiger charge is 2.42. The number of benzene rings is 1. The molecular weight excluding hydrogens is 478 g/mol. The van der Waals surface area contributed by atoms with E-state index in [9.17, 15) is 13.2 Å². The Labute approximate surface area is 173 Å². The summed E-state index contributed by atoms with van der Waals surface area (Å²) in [5.74, 6) is 0.505. The number of guanidine groups is 1. The van der Waals surface area contributed by atoms with Crippen LogP contribution in [-0.4, -0.2) is 43.0 Å². The molecule has 4 nitrogen and oxygen atoms in total. The number of halogens is 4. The highest BCUT2D eigenvalue weighted by atomic mass is 127. The second kappa shape index (κ2) is 9.38. The van der Waals surface area contributed by atoms with E-state index in [0.717, 1.165) is 13.0 Å². The Kier molecular flexibility index (Phi) is 8.37. The van der Waals surface area contributed by atoms with Gasteiger partial charge in [-0.2, -0.15) is 11.8 Å². The molecule has 1 fully saturated rings. The van der Waals surface area contributed by atoms with Gasteiger partial charge in [-0.15, -0.1) is 37.1 Å². The molecule has 2 N–H and O–H groups in total. The van der Waals surface area contributed by atoms with Crippen molar-refractivity contribution in [3.63, 3.8) is 0 Å². The number of para-hydroxylation sites is 1. The van der Waals surface area contributed by atoms with E-state index in [1.165, 1.54) is 6.07 Å². The average molecular weight is 503 g/mol. The third kappa shape index (κ3) is 7.05. The SMILES string of the molecule is CN=C(NCC(C)(C)SC)NC1CC1c1ccccc1OC(F)(F)F.I. The highest BCUT2D eigenvalue weighted by Crippen LogP contribution is 2.45. The minimum atomic E-state index is -4.69. The van der Waals surface area contributed by atoms with Crippen molar-refractivity contribution in [2.45, 2.75) is 43.3 Å². The summed E-state index contributed by atoms with van der Waals surface area (Å²) >= 11 is 1.75. The number of hydrogen-bond acceptors (Lipinski definition) is 3. The van der Waals surface area contributed by atoms with Gasteiger partial charge >= 0.3 is 6.36 Å². The molecule has 0 spiro atoms. The van der Waals surface area contributed by atoms with Crippen LogP contribution < -0.4 is 15.4 Å². The van der Waals surface area contributed by atoms with Crippen molar-refractivity contribution in [2.24, 2.45) is 4.99 Å². The van der Waals surface area contributed by atoms with E-state index in [4.69, 9.17) is 0 Å². The fourth-order valence-electron chi connectivity index (χ4n) is 2.44. The Bertz CT molecular complexity index is 626. The predicted octanol–water partition coefficient (Wildman–Crippen LogP) is 4.37. The van der Waals surface area contributed by atoms with E-state index in [1.54, 1.807) is 37.0 Å². The number of rotatable bonds is 6. The van der Waals surface area contributed by atoms with Gasteiger partial charge in [-0.3, -0.25) is 4.99 Å². The Morgan fingerprint density at radius 2 is 1.96 bits per heavy atom. The Hall–Kier alpha value is -0.840. The molecule has 1 aliphatic rings. The number of hydrogen-bond donors (Lipinski definition) is 2. The van der Waals surface area contributed by atoms with Gasteiger partial charge in [-0.05, 0) is 38.2 Å². The van der Waals surface area contributed by atoms with Crippen molar-refractivity contribution >= 4 is 41.7 Å². The summed E-state index contributed by atoms with van der Waals surface area (Å²) < 4.78 is 41.8. The number of thioether (sulfide) groups is 1. The van der Waals surface area contributed by atoms with Crippen LogP contribution in [0.4, 0.5) is 13.2 Å². The number of aliphatic imine (C=N–C) groups is 1. The van der Waals surface area contributed by atoms with Crippen molar-refractivity contribution in [2.75, 3.05) is 19.8 Å². The van der Waals surface area contributed by atoms with Gasteiger partial charge in [0.25, 0.3) is 0 Å². The van der Waals surface area contributed by atoms with Crippen molar-refractivity contribution in [1.29, 1.82) is 0 Å². The molecule has 0 saturated heterocycles. The smallest absolute Gasteiger partial charge is 0.405 e. The quantitative estimate of drug-likeness (QED) is 0.344. The first kappa shape index (κ1) is 23.2. The van der Waals surface area contributed by atoms with Crippen LogP contribution in [0.15, 0.2) is 29.3 Å². The molecule has 1 aromatic rings. The maximum atomic E-state index is 12.5. The molecule has 0 aliphatic heterocycles. The van der Waals surface area contributed by atoms with Crippen LogP contribution in [0.5, 0.6) is 5.75 Å². The van der Waals surface area contributed by atoms with E-state index >= 15 is 0 Å². The molecule has 0 radical (unpaired) electrons. The van der Waals surface area contributed by atoms with Crippen LogP contribution in [0.3, 0.4) is 0 Å². The van der Waals surface area contributed by atoms with Crippen molar-refractivity contribution < 1.29 is 17.9 Å². The van der Waals surface area contributed by atoms with Gasteiger partial charge in [0.15, 0.2) is 5.96 Å². The first-order valence-corrected chi connectivity index (χ1v) is 9.24. The van der Waals surface area contributed by atoms with Gasteiger partial charge in [0.1, 0.15) is 5.75 Å². The van der Waals surface area contributed by atoms with Crippen LogP contribution in [0.25, 0.3) is 0 Å². The van der Waals surface area contributed by atoms with Crippen LogP contribution in [0, 0.1) is 0 Å². The monoisotopic (exact) mass is 503 g/mol. The summed E-state index contributed by atoms with van der Waals surface area (Å²) in [7, 11) is 1.68. The lowest BCUT2D eigenvalue weighted by Gasteiger charge is -2.23.